The Bertz CT molecular complexity index is 401. The van der Waals surface area contributed by atoms with Crippen LogP contribution in [0.5, 0.6) is 0 Å². The number of rotatable bonds is 2. The van der Waals surface area contributed by atoms with Gasteiger partial charge in [-0.2, -0.15) is 0 Å². The van der Waals surface area contributed by atoms with Gasteiger partial charge < -0.3 is 4.74 Å². The number of ether oxygens (including phenoxy) is 1. The topological polar surface area (TPSA) is 12.5 Å². The van der Waals surface area contributed by atoms with E-state index in [1.54, 1.807) is 0 Å². The second kappa shape index (κ2) is 5.01. The zero-order valence-corrected chi connectivity index (χ0v) is 11.1. The minimum Gasteiger partial charge on any atom is -0.380 e. The Hall–Kier alpha value is -0.510. The fourth-order valence-electron chi connectivity index (χ4n) is 2.80. The lowest BCUT2D eigenvalue weighted by molar-refractivity contribution is 0.135. The van der Waals surface area contributed by atoms with Crippen LogP contribution in [-0.2, 0) is 17.7 Å². The molecule has 0 N–H and O–H groups in total. The summed E-state index contributed by atoms with van der Waals surface area (Å²) in [4.78, 5) is 3.98. The van der Waals surface area contributed by atoms with Crippen LogP contribution in [0.1, 0.15) is 17.5 Å². The second-order valence-electron chi connectivity index (χ2n) is 4.87. The largest absolute Gasteiger partial charge is 0.380 e. The fourth-order valence-corrected chi connectivity index (χ4v) is 3.27. The summed E-state index contributed by atoms with van der Waals surface area (Å²) in [6.45, 7) is 4.17. The summed E-state index contributed by atoms with van der Waals surface area (Å²) < 4.78 is 5.50. The molecule has 0 aliphatic carbocycles. The molecular weight excluding hydrogens is 230 g/mol. The molecule has 1 unspecified atom stereocenters. The quantitative estimate of drug-likeness (QED) is 0.747. The van der Waals surface area contributed by atoms with Crippen molar-refractivity contribution in [1.29, 1.82) is 0 Å². The monoisotopic (exact) mass is 249 g/mol. The minimum absolute atomic E-state index is 0.654. The predicted molar refractivity (Wildman–Crippen MR) is 71.6 cm³/mol. The molecule has 0 aromatic heterocycles. The predicted octanol–water partition coefficient (Wildman–Crippen LogP) is 2.56. The molecule has 0 bridgehead atoms. The van der Waals surface area contributed by atoms with Crippen molar-refractivity contribution in [1.82, 2.24) is 4.90 Å². The van der Waals surface area contributed by atoms with Gasteiger partial charge in [0.15, 0.2) is 0 Å². The highest BCUT2D eigenvalue weighted by Gasteiger charge is 2.26. The molecule has 2 heterocycles. The lowest BCUT2D eigenvalue weighted by Crippen LogP contribution is -2.39. The Balaban J connectivity index is 1.78. The minimum atomic E-state index is 0.654. The van der Waals surface area contributed by atoms with Gasteiger partial charge in [0.05, 0.1) is 6.61 Å². The van der Waals surface area contributed by atoms with E-state index in [0.29, 0.717) is 6.04 Å². The summed E-state index contributed by atoms with van der Waals surface area (Å²) in [5.41, 5.74) is 3.06. The number of hydrogen-bond donors (Lipinski definition) is 0. The van der Waals surface area contributed by atoms with E-state index in [9.17, 15) is 0 Å². The molecule has 3 heteroatoms. The number of thioether (sulfide) groups is 1. The zero-order chi connectivity index (χ0) is 11.7. The summed E-state index contributed by atoms with van der Waals surface area (Å²) in [5, 5.41) is 0. The van der Waals surface area contributed by atoms with Gasteiger partial charge in [0.25, 0.3) is 0 Å². The lowest BCUT2D eigenvalue weighted by Gasteiger charge is -2.33. The Labute approximate surface area is 107 Å². The molecule has 1 aromatic carbocycles. The van der Waals surface area contributed by atoms with Crippen molar-refractivity contribution >= 4 is 11.8 Å². The molecule has 1 aromatic rings. The van der Waals surface area contributed by atoms with E-state index in [2.05, 4.69) is 29.4 Å². The molecule has 0 radical (unpaired) electrons. The van der Waals surface area contributed by atoms with Crippen molar-refractivity contribution in [2.24, 2.45) is 0 Å². The highest BCUT2D eigenvalue weighted by atomic mass is 32.2. The van der Waals surface area contributed by atoms with E-state index in [-0.39, 0.29) is 0 Å². The van der Waals surface area contributed by atoms with Gasteiger partial charge in [-0.3, -0.25) is 4.90 Å². The summed E-state index contributed by atoms with van der Waals surface area (Å²) in [5.74, 6) is 0. The first-order valence-electron chi connectivity index (χ1n) is 6.34. The normalized spacial score (nSPS) is 24.9. The summed E-state index contributed by atoms with van der Waals surface area (Å²) in [6.07, 6.45) is 4.55. The molecule has 1 atom stereocenters. The molecule has 1 saturated heterocycles. The van der Waals surface area contributed by atoms with Crippen LogP contribution in [0.2, 0.25) is 0 Å². The van der Waals surface area contributed by atoms with Gasteiger partial charge in [-0.25, -0.2) is 0 Å². The van der Waals surface area contributed by atoms with Crippen molar-refractivity contribution in [3.8, 4) is 0 Å². The van der Waals surface area contributed by atoms with Gasteiger partial charge in [0.2, 0.25) is 0 Å². The van der Waals surface area contributed by atoms with Crippen LogP contribution in [0.15, 0.2) is 23.1 Å². The zero-order valence-electron chi connectivity index (χ0n) is 10.3. The molecule has 2 aliphatic heterocycles. The van der Waals surface area contributed by atoms with E-state index in [4.69, 9.17) is 4.74 Å². The third kappa shape index (κ3) is 2.37. The SMILES string of the molecule is CSc1ccc2c(c1)CN(C1CCOC1)CC2. The average molecular weight is 249 g/mol. The summed E-state index contributed by atoms with van der Waals surface area (Å²) in [7, 11) is 0. The van der Waals surface area contributed by atoms with Crippen LogP contribution in [0.25, 0.3) is 0 Å². The molecule has 1 fully saturated rings. The third-order valence-electron chi connectivity index (χ3n) is 3.88. The van der Waals surface area contributed by atoms with Crippen molar-refractivity contribution < 1.29 is 4.74 Å². The maximum absolute atomic E-state index is 5.50. The molecule has 0 spiro atoms. The molecule has 0 saturated carbocycles. The highest BCUT2D eigenvalue weighted by Crippen LogP contribution is 2.26. The van der Waals surface area contributed by atoms with Crippen molar-refractivity contribution in [2.45, 2.75) is 30.3 Å². The molecule has 17 heavy (non-hydrogen) atoms. The van der Waals surface area contributed by atoms with Gasteiger partial charge in [0.1, 0.15) is 0 Å². The Morgan fingerprint density at radius 1 is 1.35 bits per heavy atom. The second-order valence-corrected chi connectivity index (χ2v) is 5.75. The number of fused-ring (bicyclic) bond motifs is 1. The highest BCUT2D eigenvalue weighted by molar-refractivity contribution is 7.98. The molecule has 2 aliphatic rings. The van der Waals surface area contributed by atoms with Crippen LogP contribution >= 0.6 is 11.8 Å². The van der Waals surface area contributed by atoms with Crippen LogP contribution in [0.3, 0.4) is 0 Å². The van der Waals surface area contributed by atoms with Gasteiger partial charge in [0, 0.05) is 30.6 Å². The first kappa shape index (κ1) is 11.6. The van der Waals surface area contributed by atoms with Crippen LogP contribution in [0.4, 0.5) is 0 Å². The first-order valence-corrected chi connectivity index (χ1v) is 7.57. The average Bonchev–Trinajstić information content (AvgIpc) is 2.91. The maximum atomic E-state index is 5.50. The Morgan fingerprint density at radius 3 is 3.06 bits per heavy atom. The fraction of sp³-hybridized carbons (Fsp3) is 0.571. The van der Waals surface area contributed by atoms with E-state index in [1.165, 1.54) is 35.4 Å². The van der Waals surface area contributed by atoms with Gasteiger partial charge in [-0.1, -0.05) is 6.07 Å². The third-order valence-corrected chi connectivity index (χ3v) is 4.60. The Morgan fingerprint density at radius 2 is 2.29 bits per heavy atom. The van der Waals surface area contributed by atoms with Gasteiger partial charge >= 0.3 is 0 Å². The summed E-state index contributed by atoms with van der Waals surface area (Å²) >= 11 is 1.83. The van der Waals surface area contributed by atoms with Crippen molar-refractivity contribution in [3.63, 3.8) is 0 Å². The van der Waals surface area contributed by atoms with E-state index < -0.39 is 0 Å². The standard InChI is InChI=1S/C14H19NOS/c1-17-14-3-2-11-4-6-15(9-12(11)8-14)13-5-7-16-10-13/h2-3,8,13H,4-7,9-10H2,1H3. The van der Waals surface area contributed by atoms with Crippen LogP contribution in [-0.4, -0.2) is 37.0 Å². The molecule has 2 nitrogen and oxygen atoms in total. The molecular formula is C14H19NOS. The van der Waals surface area contributed by atoms with Crippen molar-refractivity contribution in [2.75, 3.05) is 26.0 Å². The van der Waals surface area contributed by atoms with Crippen LogP contribution in [0, 0.1) is 0 Å². The van der Waals surface area contributed by atoms with E-state index in [1.807, 2.05) is 11.8 Å². The van der Waals surface area contributed by atoms with Crippen molar-refractivity contribution in [3.05, 3.63) is 29.3 Å². The number of hydrogen-bond acceptors (Lipinski definition) is 3. The van der Waals surface area contributed by atoms with Gasteiger partial charge in [-0.15, -0.1) is 11.8 Å². The first-order chi connectivity index (χ1) is 8.36. The molecule has 92 valence electrons. The smallest absolute Gasteiger partial charge is 0.0622 e. The Kier molecular flexibility index (Phi) is 3.41. The van der Waals surface area contributed by atoms with Crippen LogP contribution < -0.4 is 0 Å². The molecule has 0 amide bonds. The summed E-state index contributed by atoms with van der Waals surface area (Å²) in [6, 6.07) is 7.57. The molecule has 3 rings (SSSR count). The lowest BCUT2D eigenvalue weighted by atomic mass is 9.98. The number of benzene rings is 1. The van der Waals surface area contributed by atoms with E-state index >= 15 is 0 Å². The number of nitrogens with zero attached hydrogens (tertiary/aromatic N) is 1. The maximum Gasteiger partial charge on any atom is 0.0622 e. The van der Waals surface area contributed by atoms with Gasteiger partial charge in [-0.05, 0) is 42.4 Å². The van der Waals surface area contributed by atoms with E-state index in [0.717, 1.165) is 19.8 Å².